The van der Waals surface area contributed by atoms with Crippen molar-refractivity contribution < 1.29 is 9.53 Å². The van der Waals surface area contributed by atoms with Gasteiger partial charge in [-0.25, -0.2) is 0 Å². The summed E-state index contributed by atoms with van der Waals surface area (Å²) in [7, 11) is 1.65. The van der Waals surface area contributed by atoms with E-state index in [9.17, 15) is 4.79 Å². The number of rotatable bonds is 6. The van der Waals surface area contributed by atoms with Crippen molar-refractivity contribution in [2.24, 2.45) is 5.41 Å². The highest BCUT2D eigenvalue weighted by molar-refractivity contribution is 7.07. The molecule has 0 aromatic carbocycles. The van der Waals surface area contributed by atoms with E-state index in [4.69, 9.17) is 4.74 Å². The highest BCUT2D eigenvalue weighted by atomic mass is 32.1. The first-order chi connectivity index (χ1) is 9.64. The maximum atomic E-state index is 12.4. The van der Waals surface area contributed by atoms with E-state index < -0.39 is 0 Å². The number of nitrogens with zero attached hydrogens (tertiary/aromatic N) is 1. The van der Waals surface area contributed by atoms with Crippen LogP contribution in [0.15, 0.2) is 16.8 Å². The highest BCUT2D eigenvalue weighted by Gasteiger charge is 2.37. The lowest BCUT2D eigenvalue weighted by Crippen LogP contribution is -2.50. The molecule has 2 rings (SSSR count). The largest absolute Gasteiger partial charge is 0.383 e. The van der Waals surface area contributed by atoms with E-state index in [1.165, 1.54) is 5.56 Å². The third-order valence-electron chi connectivity index (χ3n) is 3.90. The van der Waals surface area contributed by atoms with E-state index in [0.29, 0.717) is 13.2 Å². The Bertz CT molecular complexity index is 422. The minimum Gasteiger partial charge on any atom is -0.383 e. The molecule has 1 atom stereocenters. The van der Waals surface area contributed by atoms with Crippen LogP contribution in [0, 0.1) is 5.41 Å². The summed E-state index contributed by atoms with van der Waals surface area (Å²) in [6, 6.07) is 2.16. The third-order valence-corrected chi connectivity index (χ3v) is 4.63. The van der Waals surface area contributed by atoms with Gasteiger partial charge in [0.15, 0.2) is 0 Å². The van der Waals surface area contributed by atoms with Crippen molar-refractivity contribution in [2.45, 2.75) is 26.3 Å². The fraction of sp³-hybridized carbons (Fsp3) is 0.667. The molecule has 1 aromatic heterocycles. The Labute approximate surface area is 125 Å². The van der Waals surface area contributed by atoms with E-state index >= 15 is 0 Å². The summed E-state index contributed by atoms with van der Waals surface area (Å²) in [5.41, 5.74) is 1.07. The molecule has 0 aliphatic carbocycles. The van der Waals surface area contributed by atoms with E-state index in [0.717, 1.165) is 32.5 Å². The summed E-state index contributed by atoms with van der Waals surface area (Å²) >= 11 is 1.73. The highest BCUT2D eigenvalue weighted by Crippen LogP contribution is 2.30. The molecule has 5 heteroatoms. The molecule has 1 aromatic rings. The summed E-state index contributed by atoms with van der Waals surface area (Å²) in [5.74, 6) is 0.157. The quantitative estimate of drug-likeness (QED) is 0.818. The van der Waals surface area contributed by atoms with Crippen molar-refractivity contribution in [3.8, 4) is 0 Å². The van der Waals surface area contributed by atoms with Crippen molar-refractivity contribution in [2.75, 3.05) is 33.4 Å². The van der Waals surface area contributed by atoms with Gasteiger partial charge >= 0.3 is 0 Å². The molecule has 0 bridgehead atoms. The summed E-state index contributed by atoms with van der Waals surface area (Å²) in [6.07, 6.45) is 2.05. The number of hydrogen-bond acceptors (Lipinski definition) is 4. The van der Waals surface area contributed by atoms with Gasteiger partial charge in [-0.1, -0.05) is 0 Å². The molecule has 112 valence electrons. The first-order valence-electron chi connectivity index (χ1n) is 7.15. The molecule has 1 saturated heterocycles. The zero-order chi connectivity index (χ0) is 14.4. The second-order valence-electron chi connectivity index (χ2n) is 5.76. The van der Waals surface area contributed by atoms with Gasteiger partial charge in [0.2, 0.25) is 5.91 Å². The molecule has 4 nitrogen and oxygen atoms in total. The summed E-state index contributed by atoms with van der Waals surface area (Å²) in [5, 5.41) is 7.28. The smallest absolute Gasteiger partial charge is 0.227 e. The van der Waals surface area contributed by atoms with E-state index in [2.05, 4.69) is 34.0 Å². The van der Waals surface area contributed by atoms with Crippen LogP contribution in [0.5, 0.6) is 0 Å². The lowest BCUT2D eigenvalue weighted by molar-refractivity contribution is -0.133. The van der Waals surface area contributed by atoms with Crippen LogP contribution < -0.4 is 5.32 Å². The number of carbonyl (C=O) groups is 1. The fourth-order valence-electron chi connectivity index (χ4n) is 2.79. The third kappa shape index (κ3) is 4.04. The molecule has 0 saturated carbocycles. The molecule has 20 heavy (non-hydrogen) atoms. The number of hydrogen-bond donors (Lipinski definition) is 1. The molecule has 1 amide bonds. The maximum Gasteiger partial charge on any atom is 0.227 e. The number of nitrogens with one attached hydrogen (secondary N) is 1. The monoisotopic (exact) mass is 296 g/mol. The number of piperidine rings is 1. The molecule has 1 unspecified atom stereocenters. The van der Waals surface area contributed by atoms with Crippen LogP contribution in [0.25, 0.3) is 0 Å². The fourth-order valence-corrected chi connectivity index (χ4v) is 3.45. The van der Waals surface area contributed by atoms with Gasteiger partial charge in [0.1, 0.15) is 0 Å². The first-order valence-corrected chi connectivity index (χ1v) is 8.09. The molecule has 2 heterocycles. The standard InChI is InChI=1S/C15H24N2O2S/c1-15(14(18)16-6-8-19-2)5-3-7-17(12-15)10-13-4-9-20-11-13/h4,9,11H,3,5-8,10,12H2,1-2H3,(H,16,18). The number of likely N-dealkylation sites (tertiary alicyclic amines) is 1. The summed E-state index contributed by atoms with van der Waals surface area (Å²) < 4.78 is 4.98. The summed E-state index contributed by atoms with van der Waals surface area (Å²) in [4.78, 5) is 14.7. The number of thiophene rings is 1. The van der Waals surface area contributed by atoms with Crippen LogP contribution in [0.4, 0.5) is 0 Å². The van der Waals surface area contributed by atoms with Crippen molar-refractivity contribution in [1.29, 1.82) is 0 Å². The second-order valence-corrected chi connectivity index (χ2v) is 6.54. The predicted octanol–water partition coefficient (Wildman–Crippen LogP) is 2.11. The molecule has 0 spiro atoms. The SMILES string of the molecule is COCCNC(=O)C1(C)CCCN(Cc2ccsc2)C1. The first kappa shape index (κ1) is 15.5. The molecule has 1 N–H and O–H groups in total. The van der Waals surface area contributed by atoms with Crippen molar-refractivity contribution >= 4 is 17.2 Å². The molecular formula is C15H24N2O2S. The van der Waals surface area contributed by atoms with Crippen LogP contribution in [0.2, 0.25) is 0 Å². The van der Waals surface area contributed by atoms with Gasteiger partial charge in [0.05, 0.1) is 12.0 Å². The van der Waals surface area contributed by atoms with Crippen molar-refractivity contribution in [3.63, 3.8) is 0 Å². The Hall–Kier alpha value is -0.910. The zero-order valence-corrected chi connectivity index (χ0v) is 13.2. The van der Waals surface area contributed by atoms with E-state index in [1.54, 1.807) is 18.4 Å². The van der Waals surface area contributed by atoms with Gasteiger partial charge < -0.3 is 10.1 Å². The molecule has 1 aliphatic heterocycles. The van der Waals surface area contributed by atoms with Crippen LogP contribution in [-0.2, 0) is 16.1 Å². The predicted molar refractivity (Wildman–Crippen MR) is 81.8 cm³/mol. The van der Waals surface area contributed by atoms with Gasteiger partial charge in [-0.2, -0.15) is 11.3 Å². The zero-order valence-electron chi connectivity index (χ0n) is 12.4. The van der Waals surface area contributed by atoms with Gasteiger partial charge in [-0.3, -0.25) is 9.69 Å². The lowest BCUT2D eigenvalue weighted by atomic mass is 9.81. The van der Waals surface area contributed by atoms with Crippen LogP contribution >= 0.6 is 11.3 Å². The van der Waals surface area contributed by atoms with Gasteiger partial charge in [-0.05, 0) is 48.7 Å². The molecule has 0 radical (unpaired) electrons. The van der Waals surface area contributed by atoms with Crippen LogP contribution in [0.3, 0.4) is 0 Å². The van der Waals surface area contributed by atoms with E-state index in [1.807, 2.05) is 0 Å². The lowest BCUT2D eigenvalue weighted by Gasteiger charge is -2.39. The number of ether oxygens (including phenoxy) is 1. The number of carbonyl (C=O) groups excluding carboxylic acids is 1. The van der Waals surface area contributed by atoms with Gasteiger partial charge in [0.25, 0.3) is 0 Å². The Balaban J connectivity index is 1.89. The Morgan fingerprint density at radius 3 is 3.15 bits per heavy atom. The Kier molecular flexibility index (Phi) is 5.57. The van der Waals surface area contributed by atoms with Crippen molar-refractivity contribution in [3.05, 3.63) is 22.4 Å². The van der Waals surface area contributed by atoms with Gasteiger partial charge in [0, 0.05) is 26.7 Å². The second kappa shape index (κ2) is 7.20. The van der Waals surface area contributed by atoms with Crippen LogP contribution in [-0.4, -0.2) is 44.2 Å². The molecule has 1 fully saturated rings. The van der Waals surface area contributed by atoms with Gasteiger partial charge in [-0.15, -0.1) is 0 Å². The maximum absolute atomic E-state index is 12.4. The average molecular weight is 296 g/mol. The average Bonchev–Trinajstić information content (AvgIpc) is 2.92. The van der Waals surface area contributed by atoms with Crippen molar-refractivity contribution in [1.82, 2.24) is 10.2 Å². The van der Waals surface area contributed by atoms with E-state index in [-0.39, 0.29) is 11.3 Å². The number of amides is 1. The normalized spacial score (nSPS) is 23.7. The molecular weight excluding hydrogens is 272 g/mol. The minimum absolute atomic E-state index is 0.157. The Morgan fingerprint density at radius 1 is 1.60 bits per heavy atom. The minimum atomic E-state index is -0.276. The van der Waals surface area contributed by atoms with Crippen LogP contribution in [0.1, 0.15) is 25.3 Å². The Morgan fingerprint density at radius 2 is 2.45 bits per heavy atom. The summed E-state index contributed by atoms with van der Waals surface area (Å²) in [6.45, 7) is 6.10. The number of methoxy groups -OCH3 is 1. The topological polar surface area (TPSA) is 41.6 Å². The molecule has 1 aliphatic rings.